The van der Waals surface area contributed by atoms with Gasteiger partial charge in [0.1, 0.15) is 10.4 Å². The molecule has 5 nitrogen and oxygen atoms in total. The van der Waals surface area contributed by atoms with Crippen LogP contribution in [0, 0.1) is 0 Å². The molecule has 0 aliphatic rings. The van der Waals surface area contributed by atoms with Crippen molar-refractivity contribution in [2.45, 2.75) is 26.2 Å². The molecule has 0 radical (unpaired) electrons. The van der Waals surface area contributed by atoms with E-state index in [4.69, 9.17) is 9.47 Å². The molecule has 112 valence electrons. The van der Waals surface area contributed by atoms with Crippen molar-refractivity contribution < 1.29 is 14.3 Å². The van der Waals surface area contributed by atoms with E-state index in [0.29, 0.717) is 18.2 Å². The lowest BCUT2D eigenvalue weighted by molar-refractivity contribution is -0.148. The van der Waals surface area contributed by atoms with Crippen LogP contribution in [0.5, 0.6) is 5.88 Å². The van der Waals surface area contributed by atoms with Crippen LogP contribution in [0.3, 0.4) is 0 Å². The molecule has 21 heavy (non-hydrogen) atoms. The number of rotatable bonds is 5. The Hall–Kier alpha value is -1.95. The van der Waals surface area contributed by atoms with Crippen molar-refractivity contribution in [3.8, 4) is 16.5 Å². The molecule has 0 aromatic carbocycles. The minimum atomic E-state index is -0.759. The fraction of sp³-hybridized carbons (Fsp3) is 0.400. The van der Waals surface area contributed by atoms with Gasteiger partial charge < -0.3 is 9.47 Å². The van der Waals surface area contributed by atoms with Crippen LogP contribution in [0.25, 0.3) is 10.6 Å². The highest BCUT2D eigenvalue weighted by Gasteiger charge is 2.34. The number of aromatic nitrogens is 2. The predicted octanol–water partition coefficient (Wildman–Crippen LogP) is 3.05. The maximum absolute atomic E-state index is 12.0. The normalized spacial score (nSPS) is 11.2. The third-order valence-corrected chi connectivity index (χ3v) is 4.01. The number of nitrogens with zero attached hydrogens (tertiary/aromatic N) is 2. The minimum absolute atomic E-state index is 0.269. The lowest BCUT2D eigenvalue weighted by Gasteiger charge is -2.19. The molecule has 0 aliphatic heterocycles. The maximum atomic E-state index is 12.0. The van der Waals surface area contributed by atoms with Crippen LogP contribution in [0.15, 0.2) is 23.7 Å². The average molecular weight is 306 g/mol. The predicted molar refractivity (Wildman–Crippen MR) is 81.6 cm³/mol. The molecule has 0 saturated carbocycles. The number of thiazole rings is 1. The van der Waals surface area contributed by atoms with Gasteiger partial charge in [0.25, 0.3) is 0 Å². The molecule has 0 unspecified atom stereocenters. The first-order chi connectivity index (χ1) is 9.98. The summed E-state index contributed by atoms with van der Waals surface area (Å²) < 4.78 is 10.1. The van der Waals surface area contributed by atoms with E-state index in [0.717, 1.165) is 10.6 Å². The van der Waals surface area contributed by atoms with Crippen LogP contribution in [0.4, 0.5) is 0 Å². The Morgan fingerprint density at radius 2 is 2.14 bits per heavy atom. The van der Waals surface area contributed by atoms with Gasteiger partial charge in [-0.05, 0) is 26.8 Å². The lowest BCUT2D eigenvalue weighted by Crippen LogP contribution is -2.31. The molecule has 2 aromatic heterocycles. The smallest absolute Gasteiger partial charge is 0.317 e. The minimum Gasteiger partial charge on any atom is -0.481 e. The third-order valence-electron chi connectivity index (χ3n) is 3.12. The van der Waals surface area contributed by atoms with Gasteiger partial charge in [-0.15, -0.1) is 11.3 Å². The standard InChI is InChI=1S/C15H18N2O3S/c1-5-20-14(18)15(2,3)11-9-21-13(17-11)10-6-7-12(19-4)16-8-10/h6-9H,5H2,1-4H3. The summed E-state index contributed by atoms with van der Waals surface area (Å²) in [5.74, 6) is 0.289. The molecule has 0 saturated heterocycles. The summed E-state index contributed by atoms with van der Waals surface area (Å²) in [6.45, 7) is 5.79. The van der Waals surface area contributed by atoms with Gasteiger partial charge in [-0.2, -0.15) is 0 Å². The quantitative estimate of drug-likeness (QED) is 0.795. The van der Waals surface area contributed by atoms with Crippen LogP contribution in [0.1, 0.15) is 26.5 Å². The zero-order valence-electron chi connectivity index (χ0n) is 12.5. The van der Waals surface area contributed by atoms with E-state index in [1.165, 1.54) is 11.3 Å². The molecule has 0 bridgehead atoms. The van der Waals surface area contributed by atoms with E-state index in [9.17, 15) is 4.79 Å². The SMILES string of the molecule is CCOC(=O)C(C)(C)c1csc(-c2ccc(OC)nc2)n1. The fourth-order valence-electron chi connectivity index (χ4n) is 1.74. The van der Waals surface area contributed by atoms with Gasteiger partial charge in [0.15, 0.2) is 0 Å². The Balaban J connectivity index is 2.26. The van der Waals surface area contributed by atoms with Crippen molar-refractivity contribution in [2.75, 3.05) is 13.7 Å². The number of carbonyl (C=O) groups excluding carboxylic acids is 1. The van der Waals surface area contributed by atoms with Gasteiger partial charge in [0, 0.05) is 23.2 Å². The van der Waals surface area contributed by atoms with Crippen LogP contribution in [0.2, 0.25) is 0 Å². The van der Waals surface area contributed by atoms with E-state index in [1.807, 2.05) is 25.3 Å². The van der Waals surface area contributed by atoms with E-state index in [-0.39, 0.29) is 5.97 Å². The zero-order chi connectivity index (χ0) is 15.5. The van der Waals surface area contributed by atoms with E-state index >= 15 is 0 Å². The average Bonchev–Trinajstić information content (AvgIpc) is 2.98. The Labute approximate surface area is 128 Å². The second-order valence-electron chi connectivity index (χ2n) is 4.97. The monoisotopic (exact) mass is 306 g/mol. The summed E-state index contributed by atoms with van der Waals surface area (Å²) >= 11 is 1.48. The summed E-state index contributed by atoms with van der Waals surface area (Å²) in [4.78, 5) is 20.7. The van der Waals surface area contributed by atoms with Crippen molar-refractivity contribution >= 4 is 17.3 Å². The van der Waals surface area contributed by atoms with Gasteiger partial charge in [0.2, 0.25) is 5.88 Å². The fourth-order valence-corrected chi connectivity index (χ4v) is 2.72. The van der Waals surface area contributed by atoms with Crippen molar-refractivity contribution in [3.63, 3.8) is 0 Å². The summed E-state index contributed by atoms with van der Waals surface area (Å²) in [7, 11) is 1.57. The molecule has 2 heterocycles. The highest BCUT2D eigenvalue weighted by Crippen LogP contribution is 2.31. The molecule has 0 atom stereocenters. The van der Waals surface area contributed by atoms with Crippen LogP contribution >= 0.6 is 11.3 Å². The number of esters is 1. The van der Waals surface area contributed by atoms with E-state index < -0.39 is 5.41 Å². The Morgan fingerprint density at radius 1 is 1.38 bits per heavy atom. The zero-order valence-corrected chi connectivity index (χ0v) is 13.4. The molecule has 2 rings (SSSR count). The van der Waals surface area contributed by atoms with Gasteiger partial charge in [-0.3, -0.25) is 4.79 Å². The molecular weight excluding hydrogens is 288 g/mol. The molecule has 2 aromatic rings. The van der Waals surface area contributed by atoms with Gasteiger partial charge in [-0.25, -0.2) is 9.97 Å². The molecule has 0 aliphatic carbocycles. The number of pyridine rings is 1. The second kappa shape index (κ2) is 6.22. The van der Waals surface area contributed by atoms with Crippen molar-refractivity contribution in [1.29, 1.82) is 0 Å². The third kappa shape index (κ3) is 3.21. The molecule has 6 heteroatoms. The number of hydrogen-bond donors (Lipinski definition) is 0. The summed E-state index contributed by atoms with van der Waals surface area (Å²) in [5, 5.41) is 2.70. The van der Waals surface area contributed by atoms with Crippen LogP contribution in [-0.2, 0) is 14.9 Å². The molecular formula is C15H18N2O3S. The number of methoxy groups -OCH3 is 1. The Kier molecular flexibility index (Phi) is 4.57. The van der Waals surface area contributed by atoms with Gasteiger partial charge in [-0.1, -0.05) is 0 Å². The van der Waals surface area contributed by atoms with Crippen LogP contribution in [-0.4, -0.2) is 29.7 Å². The van der Waals surface area contributed by atoms with Gasteiger partial charge >= 0.3 is 5.97 Å². The summed E-state index contributed by atoms with van der Waals surface area (Å²) in [5.41, 5.74) is 0.841. The first kappa shape index (κ1) is 15.4. The molecule has 0 spiro atoms. The van der Waals surface area contributed by atoms with Crippen molar-refractivity contribution in [3.05, 3.63) is 29.4 Å². The number of ether oxygens (including phenoxy) is 2. The van der Waals surface area contributed by atoms with Gasteiger partial charge in [0.05, 0.1) is 19.4 Å². The van der Waals surface area contributed by atoms with E-state index in [1.54, 1.807) is 26.3 Å². The summed E-state index contributed by atoms with van der Waals surface area (Å²) in [6, 6.07) is 3.68. The molecule has 0 amide bonds. The van der Waals surface area contributed by atoms with Crippen molar-refractivity contribution in [1.82, 2.24) is 9.97 Å². The number of carbonyl (C=O) groups is 1. The second-order valence-corrected chi connectivity index (χ2v) is 5.83. The van der Waals surface area contributed by atoms with Crippen molar-refractivity contribution in [2.24, 2.45) is 0 Å². The summed E-state index contributed by atoms with van der Waals surface area (Å²) in [6.07, 6.45) is 1.71. The molecule has 0 N–H and O–H groups in total. The Bertz CT molecular complexity index is 620. The highest BCUT2D eigenvalue weighted by atomic mass is 32.1. The first-order valence-corrected chi connectivity index (χ1v) is 7.50. The topological polar surface area (TPSA) is 61.3 Å². The molecule has 0 fully saturated rings. The highest BCUT2D eigenvalue weighted by molar-refractivity contribution is 7.13. The lowest BCUT2D eigenvalue weighted by atomic mass is 9.90. The first-order valence-electron chi connectivity index (χ1n) is 6.62. The van der Waals surface area contributed by atoms with E-state index in [2.05, 4.69) is 9.97 Å². The maximum Gasteiger partial charge on any atom is 0.317 e. The largest absolute Gasteiger partial charge is 0.481 e. The number of hydrogen-bond acceptors (Lipinski definition) is 6. The van der Waals surface area contributed by atoms with Crippen LogP contribution < -0.4 is 4.74 Å². The Morgan fingerprint density at radius 3 is 2.71 bits per heavy atom.